The first kappa shape index (κ1) is 14.5. The van der Waals surface area contributed by atoms with Crippen molar-refractivity contribution in [3.63, 3.8) is 0 Å². The van der Waals surface area contributed by atoms with Gasteiger partial charge in [-0.25, -0.2) is 4.79 Å². The highest BCUT2D eigenvalue weighted by atomic mass is 16.5. The third kappa shape index (κ3) is 4.75. The van der Waals surface area contributed by atoms with E-state index >= 15 is 0 Å². The lowest BCUT2D eigenvalue weighted by atomic mass is 10.1. The molecule has 0 fully saturated rings. The number of aliphatic carboxylic acids is 1. The molecule has 0 heterocycles. The molecule has 1 unspecified atom stereocenters. The minimum Gasteiger partial charge on any atom is -0.493 e. The van der Waals surface area contributed by atoms with Crippen LogP contribution in [-0.2, 0) is 9.53 Å². The zero-order valence-electron chi connectivity index (χ0n) is 11.1. The molecule has 1 atom stereocenters. The highest BCUT2D eigenvalue weighted by Crippen LogP contribution is 2.19. The van der Waals surface area contributed by atoms with Gasteiger partial charge < -0.3 is 14.6 Å². The molecule has 0 aliphatic carbocycles. The zero-order valence-corrected chi connectivity index (χ0v) is 11.1. The standard InChI is InChI=1S/C14H20O4/c1-10-5-6-11(2)13(9-10)18-8-4-7-17-12(3)14(15)16/h5-6,9,12H,4,7-8H2,1-3H3,(H,15,16). The molecule has 4 nitrogen and oxygen atoms in total. The lowest BCUT2D eigenvalue weighted by Gasteiger charge is -2.11. The van der Waals surface area contributed by atoms with Gasteiger partial charge in [-0.05, 0) is 38.0 Å². The van der Waals surface area contributed by atoms with Gasteiger partial charge in [-0.2, -0.15) is 0 Å². The highest BCUT2D eigenvalue weighted by molar-refractivity contribution is 5.71. The predicted octanol–water partition coefficient (Wildman–Crippen LogP) is 2.56. The Bertz CT molecular complexity index is 401. The average molecular weight is 252 g/mol. The molecule has 1 rings (SSSR count). The van der Waals surface area contributed by atoms with Crippen molar-refractivity contribution >= 4 is 5.97 Å². The second kappa shape index (κ2) is 7.01. The van der Waals surface area contributed by atoms with E-state index in [9.17, 15) is 4.79 Å². The van der Waals surface area contributed by atoms with Crippen LogP contribution in [0.4, 0.5) is 0 Å². The average Bonchev–Trinajstić information content (AvgIpc) is 2.32. The maximum absolute atomic E-state index is 10.5. The summed E-state index contributed by atoms with van der Waals surface area (Å²) in [6, 6.07) is 6.06. The van der Waals surface area contributed by atoms with Crippen molar-refractivity contribution in [2.24, 2.45) is 0 Å². The number of carboxylic acids is 1. The van der Waals surface area contributed by atoms with Gasteiger partial charge in [0.05, 0.1) is 13.2 Å². The number of carboxylic acid groups (broad SMARTS) is 1. The molecule has 4 heteroatoms. The van der Waals surface area contributed by atoms with Gasteiger partial charge in [-0.15, -0.1) is 0 Å². The molecule has 0 radical (unpaired) electrons. The third-order valence-corrected chi connectivity index (χ3v) is 2.61. The largest absolute Gasteiger partial charge is 0.493 e. The molecule has 100 valence electrons. The normalized spacial score (nSPS) is 12.2. The zero-order chi connectivity index (χ0) is 13.5. The Hall–Kier alpha value is -1.55. The van der Waals surface area contributed by atoms with Gasteiger partial charge in [0.2, 0.25) is 0 Å². The summed E-state index contributed by atoms with van der Waals surface area (Å²) in [7, 11) is 0. The van der Waals surface area contributed by atoms with Gasteiger partial charge in [0, 0.05) is 6.42 Å². The van der Waals surface area contributed by atoms with E-state index < -0.39 is 12.1 Å². The maximum atomic E-state index is 10.5. The molecule has 1 aromatic carbocycles. The molecule has 0 saturated carbocycles. The molecule has 0 spiro atoms. The fraction of sp³-hybridized carbons (Fsp3) is 0.500. The van der Waals surface area contributed by atoms with Crippen molar-refractivity contribution in [1.29, 1.82) is 0 Å². The fourth-order valence-corrected chi connectivity index (χ4v) is 1.44. The summed E-state index contributed by atoms with van der Waals surface area (Å²) in [6.07, 6.45) is -0.0870. The summed E-state index contributed by atoms with van der Waals surface area (Å²) < 4.78 is 10.7. The molecule has 0 amide bonds. The fourth-order valence-electron chi connectivity index (χ4n) is 1.44. The SMILES string of the molecule is Cc1ccc(C)c(OCCCOC(C)C(=O)O)c1. The summed E-state index contributed by atoms with van der Waals surface area (Å²) in [6.45, 7) is 6.45. The molecular weight excluding hydrogens is 232 g/mol. The monoisotopic (exact) mass is 252 g/mol. The smallest absolute Gasteiger partial charge is 0.332 e. The van der Waals surface area contributed by atoms with E-state index in [2.05, 4.69) is 0 Å². The van der Waals surface area contributed by atoms with Crippen LogP contribution in [0.3, 0.4) is 0 Å². The molecule has 0 bridgehead atoms. The molecule has 1 N–H and O–H groups in total. The first-order valence-corrected chi connectivity index (χ1v) is 6.05. The van der Waals surface area contributed by atoms with Gasteiger partial charge in [-0.1, -0.05) is 12.1 Å². The van der Waals surface area contributed by atoms with E-state index in [-0.39, 0.29) is 0 Å². The molecule has 0 aliphatic heterocycles. The number of aryl methyl sites for hydroxylation is 2. The van der Waals surface area contributed by atoms with Crippen molar-refractivity contribution in [1.82, 2.24) is 0 Å². The van der Waals surface area contributed by atoms with Crippen LogP contribution in [0.5, 0.6) is 5.75 Å². The molecule has 1 aromatic rings. The van der Waals surface area contributed by atoms with E-state index in [1.54, 1.807) is 0 Å². The first-order valence-electron chi connectivity index (χ1n) is 6.05. The van der Waals surface area contributed by atoms with Crippen molar-refractivity contribution < 1.29 is 19.4 Å². The Balaban J connectivity index is 2.26. The van der Waals surface area contributed by atoms with Crippen molar-refractivity contribution in [3.8, 4) is 5.75 Å². The van der Waals surface area contributed by atoms with Gasteiger partial charge in [0.25, 0.3) is 0 Å². The number of hydrogen-bond acceptors (Lipinski definition) is 3. The molecule has 0 saturated heterocycles. The Morgan fingerprint density at radius 1 is 1.33 bits per heavy atom. The third-order valence-electron chi connectivity index (χ3n) is 2.61. The Kier molecular flexibility index (Phi) is 5.65. The second-order valence-electron chi connectivity index (χ2n) is 4.32. The number of rotatable bonds is 7. The Morgan fingerprint density at radius 2 is 2.06 bits per heavy atom. The van der Waals surface area contributed by atoms with E-state index in [0.29, 0.717) is 19.6 Å². The maximum Gasteiger partial charge on any atom is 0.332 e. The minimum absolute atomic E-state index is 0.387. The van der Waals surface area contributed by atoms with E-state index in [4.69, 9.17) is 14.6 Å². The van der Waals surface area contributed by atoms with Crippen LogP contribution >= 0.6 is 0 Å². The second-order valence-corrected chi connectivity index (χ2v) is 4.32. The number of benzene rings is 1. The lowest BCUT2D eigenvalue weighted by molar-refractivity contribution is -0.149. The van der Waals surface area contributed by atoms with Crippen molar-refractivity contribution in [2.75, 3.05) is 13.2 Å². The van der Waals surface area contributed by atoms with Crippen LogP contribution in [0.25, 0.3) is 0 Å². The van der Waals surface area contributed by atoms with E-state index in [1.807, 2.05) is 32.0 Å². The first-order chi connectivity index (χ1) is 8.50. The molecular formula is C14H20O4. The van der Waals surface area contributed by atoms with Crippen molar-refractivity contribution in [3.05, 3.63) is 29.3 Å². The predicted molar refractivity (Wildman–Crippen MR) is 69.1 cm³/mol. The van der Waals surface area contributed by atoms with Crippen LogP contribution < -0.4 is 4.74 Å². The van der Waals surface area contributed by atoms with Crippen LogP contribution in [-0.4, -0.2) is 30.4 Å². The number of ether oxygens (including phenoxy) is 2. The molecule has 0 aliphatic rings. The van der Waals surface area contributed by atoms with Crippen LogP contribution in [0, 0.1) is 13.8 Å². The van der Waals surface area contributed by atoms with Crippen LogP contribution in [0.15, 0.2) is 18.2 Å². The number of carbonyl (C=O) groups is 1. The van der Waals surface area contributed by atoms with E-state index in [1.165, 1.54) is 6.92 Å². The number of hydrogen-bond donors (Lipinski definition) is 1. The Labute approximate surface area is 108 Å². The minimum atomic E-state index is -0.939. The summed E-state index contributed by atoms with van der Waals surface area (Å²) in [4.78, 5) is 10.5. The summed E-state index contributed by atoms with van der Waals surface area (Å²) in [5.74, 6) is -0.0632. The van der Waals surface area contributed by atoms with Crippen molar-refractivity contribution in [2.45, 2.75) is 33.3 Å². The topological polar surface area (TPSA) is 55.8 Å². The van der Waals surface area contributed by atoms with Gasteiger partial charge >= 0.3 is 5.97 Å². The van der Waals surface area contributed by atoms with E-state index in [0.717, 1.165) is 16.9 Å². The Morgan fingerprint density at radius 3 is 2.72 bits per heavy atom. The van der Waals surface area contributed by atoms with Gasteiger partial charge in [0.1, 0.15) is 5.75 Å². The summed E-state index contributed by atoms with van der Waals surface area (Å²) >= 11 is 0. The van der Waals surface area contributed by atoms with Crippen LogP contribution in [0.2, 0.25) is 0 Å². The lowest BCUT2D eigenvalue weighted by Crippen LogP contribution is -2.21. The summed E-state index contributed by atoms with van der Waals surface area (Å²) in [5, 5.41) is 8.63. The van der Waals surface area contributed by atoms with Crippen LogP contribution in [0.1, 0.15) is 24.5 Å². The molecule has 0 aromatic heterocycles. The molecule has 18 heavy (non-hydrogen) atoms. The van der Waals surface area contributed by atoms with Gasteiger partial charge in [0.15, 0.2) is 6.10 Å². The quantitative estimate of drug-likeness (QED) is 0.758. The van der Waals surface area contributed by atoms with Gasteiger partial charge in [-0.3, -0.25) is 0 Å². The highest BCUT2D eigenvalue weighted by Gasteiger charge is 2.10. The summed E-state index contributed by atoms with van der Waals surface area (Å²) in [5.41, 5.74) is 2.26.